The van der Waals surface area contributed by atoms with E-state index in [1.807, 2.05) is 31.2 Å². The van der Waals surface area contributed by atoms with Crippen LogP contribution in [-0.2, 0) is 9.59 Å². The van der Waals surface area contributed by atoms with Crippen molar-refractivity contribution in [3.8, 4) is 0 Å². The Morgan fingerprint density at radius 2 is 1.83 bits per heavy atom. The highest BCUT2D eigenvalue weighted by Crippen LogP contribution is 2.24. The Bertz CT molecular complexity index is 533. The molecule has 0 N–H and O–H groups in total. The summed E-state index contributed by atoms with van der Waals surface area (Å²) in [6.45, 7) is 3.17. The van der Waals surface area contributed by atoms with Gasteiger partial charge in [-0.25, -0.2) is 0 Å². The van der Waals surface area contributed by atoms with E-state index >= 15 is 0 Å². The molecule has 0 spiro atoms. The van der Waals surface area contributed by atoms with Crippen LogP contribution in [0.4, 0.5) is 5.69 Å². The molecule has 0 radical (unpaired) electrons. The molecule has 1 aromatic carbocycles. The second-order valence-electron chi connectivity index (χ2n) is 4.66. The molecule has 2 heterocycles. The molecule has 0 saturated carbocycles. The molecule has 1 fully saturated rings. The number of aryl methyl sites for hydroxylation is 1. The summed E-state index contributed by atoms with van der Waals surface area (Å²) in [5, 5.41) is 0. The zero-order valence-corrected chi connectivity index (χ0v) is 10.2. The fraction of sp³-hybridized carbons (Fsp3) is 0.286. The number of hydrogen-bond acceptors (Lipinski definition) is 2. The predicted molar refractivity (Wildman–Crippen MR) is 68.2 cm³/mol. The molecule has 2 amide bonds. The van der Waals surface area contributed by atoms with Crippen molar-refractivity contribution in [2.45, 2.75) is 13.0 Å². The smallest absolute Gasteiger partial charge is 0.253 e. The second kappa shape index (κ2) is 3.98. The molecule has 4 nitrogen and oxygen atoms in total. The van der Waals surface area contributed by atoms with E-state index in [0.29, 0.717) is 13.1 Å². The standard InChI is InChI=1S/C14H14N2O2/c1-10-2-4-11(5-3-10)15-8-9-16-12(14(15)18)6-7-13(16)17/h2-7,12H,8-9H2,1H3. The summed E-state index contributed by atoms with van der Waals surface area (Å²) >= 11 is 0. The van der Waals surface area contributed by atoms with Gasteiger partial charge in [0.25, 0.3) is 5.91 Å². The van der Waals surface area contributed by atoms with Crippen LogP contribution in [0, 0.1) is 6.92 Å². The predicted octanol–water partition coefficient (Wildman–Crippen LogP) is 1.11. The van der Waals surface area contributed by atoms with Gasteiger partial charge in [0.15, 0.2) is 0 Å². The molecule has 92 valence electrons. The molecule has 1 atom stereocenters. The lowest BCUT2D eigenvalue weighted by atomic mass is 10.1. The third-order valence-corrected chi connectivity index (χ3v) is 3.47. The average molecular weight is 242 g/mol. The van der Waals surface area contributed by atoms with Crippen LogP contribution < -0.4 is 4.90 Å². The Morgan fingerprint density at radius 3 is 2.56 bits per heavy atom. The molecule has 1 aromatic rings. The zero-order valence-electron chi connectivity index (χ0n) is 10.2. The van der Waals surface area contributed by atoms with Crippen molar-refractivity contribution in [2.24, 2.45) is 0 Å². The van der Waals surface area contributed by atoms with Gasteiger partial charge in [-0.05, 0) is 25.1 Å². The largest absolute Gasteiger partial charge is 0.322 e. The summed E-state index contributed by atoms with van der Waals surface area (Å²) < 4.78 is 0. The minimum absolute atomic E-state index is 0.0211. The van der Waals surface area contributed by atoms with Gasteiger partial charge in [-0.2, -0.15) is 0 Å². The van der Waals surface area contributed by atoms with Gasteiger partial charge >= 0.3 is 0 Å². The second-order valence-corrected chi connectivity index (χ2v) is 4.66. The average Bonchev–Trinajstić information content (AvgIpc) is 2.74. The van der Waals surface area contributed by atoms with E-state index in [1.165, 1.54) is 11.6 Å². The molecule has 3 rings (SSSR count). The van der Waals surface area contributed by atoms with Crippen LogP contribution in [0.25, 0.3) is 0 Å². The van der Waals surface area contributed by atoms with Crippen LogP contribution in [0.15, 0.2) is 36.4 Å². The van der Waals surface area contributed by atoms with Crippen molar-refractivity contribution in [2.75, 3.05) is 18.0 Å². The fourth-order valence-corrected chi connectivity index (χ4v) is 2.43. The first-order valence-corrected chi connectivity index (χ1v) is 6.04. The number of carbonyl (C=O) groups is 2. The summed E-state index contributed by atoms with van der Waals surface area (Å²) in [6.07, 6.45) is 3.17. The molecular formula is C14H14N2O2. The molecule has 2 aliphatic rings. The number of carbonyl (C=O) groups excluding carboxylic acids is 2. The summed E-state index contributed by atoms with van der Waals surface area (Å²) in [5.41, 5.74) is 2.07. The third-order valence-electron chi connectivity index (χ3n) is 3.47. The van der Waals surface area contributed by atoms with E-state index in [1.54, 1.807) is 15.9 Å². The monoisotopic (exact) mass is 242 g/mol. The van der Waals surface area contributed by atoms with Crippen molar-refractivity contribution in [1.29, 1.82) is 0 Å². The minimum atomic E-state index is -0.410. The lowest BCUT2D eigenvalue weighted by Crippen LogP contribution is -2.55. The first-order valence-electron chi connectivity index (χ1n) is 6.04. The number of rotatable bonds is 1. The third kappa shape index (κ3) is 1.61. The van der Waals surface area contributed by atoms with Gasteiger partial charge in [0.1, 0.15) is 6.04 Å². The van der Waals surface area contributed by atoms with E-state index in [2.05, 4.69) is 0 Å². The van der Waals surface area contributed by atoms with Crippen LogP contribution in [0.3, 0.4) is 0 Å². The van der Waals surface area contributed by atoms with Gasteiger partial charge < -0.3 is 9.80 Å². The Morgan fingerprint density at radius 1 is 1.11 bits per heavy atom. The molecule has 2 aliphatic heterocycles. The number of piperazine rings is 1. The van der Waals surface area contributed by atoms with E-state index in [-0.39, 0.29) is 11.8 Å². The van der Waals surface area contributed by atoms with Crippen molar-refractivity contribution >= 4 is 17.5 Å². The lowest BCUT2D eigenvalue weighted by molar-refractivity contribution is -0.134. The SMILES string of the molecule is Cc1ccc(N2CCN3C(=O)C=CC3C2=O)cc1. The van der Waals surface area contributed by atoms with E-state index in [4.69, 9.17) is 0 Å². The molecule has 0 bridgehead atoms. The van der Waals surface area contributed by atoms with Crippen LogP contribution in [-0.4, -0.2) is 35.8 Å². The summed E-state index contributed by atoms with van der Waals surface area (Å²) in [4.78, 5) is 27.2. The van der Waals surface area contributed by atoms with Gasteiger partial charge in [0, 0.05) is 24.9 Å². The van der Waals surface area contributed by atoms with Crippen LogP contribution >= 0.6 is 0 Å². The number of hydrogen-bond donors (Lipinski definition) is 0. The molecule has 18 heavy (non-hydrogen) atoms. The fourth-order valence-electron chi connectivity index (χ4n) is 2.43. The lowest BCUT2D eigenvalue weighted by Gasteiger charge is -2.36. The summed E-state index contributed by atoms with van der Waals surface area (Å²) in [7, 11) is 0. The highest BCUT2D eigenvalue weighted by atomic mass is 16.2. The van der Waals surface area contributed by atoms with Crippen LogP contribution in [0.1, 0.15) is 5.56 Å². The number of fused-ring (bicyclic) bond motifs is 1. The molecule has 1 unspecified atom stereocenters. The first-order chi connectivity index (χ1) is 8.66. The number of benzene rings is 1. The maximum atomic E-state index is 12.3. The maximum absolute atomic E-state index is 12.3. The Kier molecular flexibility index (Phi) is 2.44. The van der Waals surface area contributed by atoms with Gasteiger partial charge in [0.05, 0.1) is 0 Å². The molecule has 1 saturated heterocycles. The Labute approximate surface area is 105 Å². The summed E-state index contributed by atoms with van der Waals surface area (Å²) in [6, 6.07) is 7.47. The number of nitrogens with zero attached hydrogens (tertiary/aromatic N) is 2. The van der Waals surface area contributed by atoms with E-state index in [9.17, 15) is 9.59 Å². The normalized spacial score (nSPS) is 22.6. The van der Waals surface area contributed by atoms with Crippen LogP contribution in [0.5, 0.6) is 0 Å². The van der Waals surface area contributed by atoms with Crippen LogP contribution in [0.2, 0.25) is 0 Å². The van der Waals surface area contributed by atoms with Gasteiger partial charge in [-0.15, -0.1) is 0 Å². The van der Waals surface area contributed by atoms with Gasteiger partial charge in [-0.1, -0.05) is 17.7 Å². The molecule has 0 aliphatic carbocycles. The first kappa shape index (κ1) is 11.0. The highest BCUT2D eigenvalue weighted by Gasteiger charge is 2.38. The summed E-state index contributed by atoms with van der Waals surface area (Å²) in [5.74, 6) is -0.0795. The number of amides is 2. The topological polar surface area (TPSA) is 40.6 Å². The molecule has 4 heteroatoms. The van der Waals surface area contributed by atoms with Crippen molar-refractivity contribution in [3.63, 3.8) is 0 Å². The van der Waals surface area contributed by atoms with E-state index in [0.717, 1.165) is 5.69 Å². The molecular weight excluding hydrogens is 228 g/mol. The Hall–Kier alpha value is -2.10. The minimum Gasteiger partial charge on any atom is -0.322 e. The quantitative estimate of drug-likeness (QED) is 0.740. The van der Waals surface area contributed by atoms with Gasteiger partial charge in [0.2, 0.25) is 5.91 Å². The van der Waals surface area contributed by atoms with Crippen molar-refractivity contribution in [1.82, 2.24) is 4.90 Å². The zero-order chi connectivity index (χ0) is 12.7. The van der Waals surface area contributed by atoms with E-state index < -0.39 is 6.04 Å². The Balaban J connectivity index is 1.87. The number of anilines is 1. The van der Waals surface area contributed by atoms with Crippen molar-refractivity contribution in [3.05, 3.63) is 42.0 Å². The van der Waals surface area contributed by atoms with Gasteiger partial charge in [-0.3, -0.25) is 9.59 Å². The highest BCUT2D eigenvalue weighted by molar-refractivity contribution is 6.06. The maximum Gasteiger partial charge on any atom is 0.253 e. The molecule has 0 aromatic heterocycles. The van der Waals surface area contributed by atoms with Crippen molar-refractivity contribution < 1.29 is 9.59 Å².